The van der Waals surface area contributed by atoms with Gasteiger partial charge in [-0.2, -0.15) is 0 Å². The van der Waals surface area contributed by atoms with E-state index < -0.39 is 0 Å². The highest BCUT2D eigenvalue weighted by Crippen LogP contribution is 2.40. The lowest BCUT2D eigenvalue weighted by molar-refractivity contribution is 0.730. The molecule has 0 saturated heterocycles. The number of rotatable bonds is 6. The fraction of sp³-hybridized carbons (Fsp3) is 0.467. The Bertz CT molecular complexity index is 350. The van der Waals surface area contributed by atoms with Crippen molar-refractivity contribution in [2.45, 2.75) is 32.1 Å². The van der Waals surface area contributed by atoms with Crippen LogP contribution in [0.1, 0.15) is 43.2 Å². The van der Waals surface area contributed by atoms with E-state index in [1.807, 2.05) is 0 Å². The second-order valence-electron chi connectivity index (χ2n) is 4.55. The minimum absolute atomic E-state index is 0.853. The predicted octanol–water partition coefficient (Wildman–Crippen LogP) is 3.58. The Labute approximate surface area is 98.6 Å². The second kappa shape index (κ2) is 5.86. The van der Waals surface area contributed by atoms with Crippen LogP contribution >= 0.6 is 0 Å². The van der Waals surface area contributed by atoms with Crippen LogP contribution in [0, 0.1) is 0 Å². The van der Waals surface area contributed by atoms with Gasteiger partial charge in [0.2, 0.25) is 0 Å². The molecule has 86 valence electrons. The molecule has 0 aliphatic heterocycles. The summed E-state index contributed by atoms with van der Waals surface area (Å²) in [6.07, 6.45) is 8.39. The maximum absolute atomic E-state index is 3.37. The molecular weight excluding hydrogens is 194 g/mol. The van der Waals surface area contributed by atoms with E-state index >= 15 is 0 Å². The molecule has 2 rings (SSSR count). The van der Waals surface area contributed by atoms with Crippen LogP contribution in [0.15, 0.2) is 30.3 Å². The fourth-order valence-electron chi connectivity index (χ4n) is 1.89. The topological polar surface area (TPSA) is 12.0 Å². The van der Waals surface area contributed by atoms with E-state index in [1.54, 1.807) is 0 Å². The smallest absolute Gasteiger partial charge is 0.0138 e. The highest BCUT2D eigenvalue weighted by Gasteiger charge is 2.22. The van der Waals surface area contributed by atoms with Crippen molar-refractivity contribution in [3.05, 3.63) is 41.5 Å². The van der Waals surface area contributed by atoms with Crippen LogP contribution in [0.4, 0.5) is 0 Å². The van der Waals surface area contributed by atoms with Crippen molar-refractivity contribution in [2.24, 2.45) is 0 Å². The predicted molar refractivity (Wildman–Crippen MR) is 70.6 cm³/mol. The average Bonchev–Trinajstić information content (AvgIpc) is 3.13. The molecule has 1 aromatic rings. The molecule has 0 heterocycles. The van der Waals surface area contributed by atoms with Crippen LogP contribution in [0.25, 0.3) is 6.08 Å². The highest BCUT2D eigenvalue weighted by atomic mass is 14.8. The van der Waals surface area contributed by atoms with Crippen molar-refractivity contribution in [2.75, 3.05) is 13.1 Å². The Morgan fingerprint density at radius 2 is 2.25 bits per heavy atom. The van der Waals surface area contributed by atoms with E-state index in [-0.39, 0.29) is 0 Å². The summed E-state index contributed by atoms with van der Waals surface area (Å²) in [7, 11) is 0. The first-order valence-electron chi connectivity index (χ1n) is 6.37. The quantitative estimate of drug-likeness (QED) is 0.715. The van der Waals surface area contributed by atoms with E-state index in [4.69, 9.17) is 0 Å². The molecule has 0 amide bonds. The summed E-state index contributed by atoms with van der Waals surface area (Å²) >= 11 is 0. The summed E-state index contributed by atoms with van der Waals surface area (Å²) in [6.45, 7) is 4.27. The zero-order chi connectivity index (χ0) is 11.2. The van der Waals surface area contributed by atoms with Gasteiger partial charge < -0.3 is 5.32 Å². The van der Waals surface area contributed by atoms with Crippen LogP contribution in [0.3, 0.4) is 0 Å². The summed E-state index contributed by atoms with van der Waals surface area (Å²) in [5, 5.41) is 3.37. The van der Waals surface area contributed by atoms with E-state index in [1.165, 1.54) is 30.4 Å². The third kappa shape index (κ3) is 3.49. The summed E-state index contributed by atoms with van der Waals surface area (Å²) in [6, 6.07) is 8.94. The summed E-state index contributed by atoms with van der Waals surface area (Å²) < 4.78 is 0. The minimum atomic E-state index is 0.853. The molecule has 1 aromatic carbocycles. The van der Waals surface area contributed by atoms with Crippen molar-refractivity contribution in [1.29, 1.82) is 0 Å². The van der Waals surface area contributed by atoms with Crippen LogP contribution in [0.5, 0.6) is 0 Å². The van der Waals surface area contributed by atoms with E-state index in [2.05, 4.69) is 48.7 Å². The molecule has 1 saturated carbocycles. The first kappa shape index (κ1) is 11.4. The van der Waals surface area contributed by atoms with E-state index in [0.29, 0.717) is 0 Å². The van der Waals surface area contributed by atoms with Gasteiger partial charge in [0.05, 0.1) is 0 Å². The van der Waals surface area contributed by atoms with Crippen molar-refractivity contribution in [3.63, 3.8) is 0 Å². The molecule has 0 spiro atoms. The molecular formula is C15H21N. The van der Waals surface area contributed by atoms with Gasteiger partial charge in [-0.3, -0.25) is 0 Å². The lowest BCUT2D eigenvalue weighted by atomic mass is 10.1. The van der Waals surface area contributed by atoms with Gasteiger partial charge in [-0.1, -0.05) is 43.3 Å². The summed E-state index contributed by atoms with van der Waals surface area (Å²) in [4.78, 5) is 0. The molecule has 16 heavy (non-hydrogen) atoms. The minimum Gasteiger partial charge on any atom is -0.313 e. The SMILES string of the molecule is CCCNCC=Cc1cccc(C2CC2)c1. The first-order valence-corrected chi connectivity index (χ1v) is 6.37. The monoisotopic (exact) mass is 215 g/mol. The van der Waals surface area contributed by atoms with Gasteiger partial charge in [-0.15, -0.1) is 0 Å². The summed E-state index contributed by atoms with van der Waals surface area (Å²) in [5.74, 6) is 0.853. The van der Waals surface area contributed by atoms with Crippen LogP contribution in [0.2, 0.25) is 0 Å². The largest absolute Gasteiger partial charge is 0.313 e. The zero-order valence-electron chi connectivity index (χ0n) is 10.1. The number of benzene rings is 1. The van der Waals surface area contributed by atoms with E-state index in [9.17, 15) is 0 Å². The van der Waals surface area contributed by atoms with Gasteiger partial charge in [0, 0.05) is 6.54 Å². The molecule has 1 aliphatic rings. The third-order valence-corrected chi connectivity index (χ3v) is 2.96. The molecule has 1 heteroatoms. The van der Waals surface area contributed by atoms with Gasteiger partial charge >= 0.3 is 0 Å². The van der Waals surface area contributed by atoms with Gasteiger partial charge in [-0.05, 0) is 42.9 Å². The normalized spacial score (nSPS) is 15.8. The Morgan fingerprint density at radius 3 is 3.00 bits per heavy atom. The molecule has 0 aromatic heterocycles. The number of nitrogens with one attached hydrogen (secondary N) is 1. The van der Waals surface area contributed by atoms with Gasteiger partial charge in [0.15, 0.2) is 0 Å². The van der Waals surface area contributed by atoms with Crippen molar-refractivity contribution in [3.8, 4) is 0 Å². The van der Waals surface area contributed by atoms with Gasteiger partial charge in [0.25, 0.3) is 0 Å². The van der Waals surface area contributed by atoms with Gasteiger partial charge in [0.1, 0.15) is 0 Å². The molecule has 0 radical (unpaired) electrons. The van der Waals surface area contributed by atoms with Crippen molar-refractivity contribution < 1.29 is 0 Å². The molecule has 1 fully saturated rings. The Balaban J connectivity index is 1.85. The Kier molecular flexibility index (Phi) is 4.17. The molecule has 1 aliphatic carbocycles. The van der Waals surface area contributed by atoms with Crippen molar-refractivity contribution >= 4 is 6.08 Å². The highest BCUT2D eigenvalue weighted by molar-refractivity contribution is 5.51. The second-order valence-corrected chi connectivity index (χ2v) is 4.55. The maximum atomic E-state index is 3.37. The first-order chi connectivity index (χ1) is 7.90. The third-order valence-electron chi connectivity index (χ3n) is 2.96. The summed E-state index contributed by atoms with van der Waals surface area (Å²) in [5.41, 5.74) is 2.85. The van der Waals surface area contributed by atoms with Crippen molar-refractivity contribution in [1.82, 2.24) is 5.32 Å². The Hall–Kier alpha value is -1.08. The molecule has 0 bridgehead atoms. The van der Waals surface area contributed by atoms with Gasteiger partial charge in [-0.25, -0.2) is 0 Å². The maximum Gasteiger partial charge on any atom is 0.0138 e. The number of hydrogen-bond acceptors (Lipinski definition) is 1. The van der Waals surface area contributed by atoms with Crippen LogP contribution in [-0.4, -0.2) is 13.1 Å². The molecule has 1 nitrogen and oxygen atoms in total. The average molecular weight is 215 g/mol. The van der Waals surface area contributed by atoms with Crippen LogP contribution < -0.4 is 5.32 Å². The zero-order valence-corrected chi connectivity index (χ0v) is 10.1. The van der Waals surface area contributed by atoms with Crippen LogP contribution in [-0.2, 0) is 0 Å². The standard InChI is InChI=1S/C15H21N/c1-2-10-16-11-4-6-13-5-3-7-15(12-13)14-8-9-14/h3-7,12,14,16H,2,8-11H2,1H3. The fourth-order valence-corrected chi connectivity index (χ4v) is 1.89. The molecule has 0 atom stereocenters. The molecule has 1 N–H and O–H groups in total. The number of hydrogen-bond donors (Lipinski definition) is 1. The lowest BCUT2D eigenvalue weighted by Gasteiger charge is -2.00. The van der Waals surface area contributed by atoms with E-state index in [0.717, 1.165) is 19.0 Å². The lowest BCUT2D eigenvalue weighted by Crippen LogP contribution is -2.13. The molecule has 0 unspecified atom stereocenters. The Morgan fingerprint density at radius 1 is 1.38 bits per heavy atom.